The lowest BCUT2D eigenvalue weighted by Gasteiger charge is -1.96. The SMILES string of the molecule is Clc1cccc(-c2nnc3sc(/C=C/c4ccco4)nn23)c1. The highest BCUT2D eigenvalue weighted by Crippen LogP contribution is 2.24. The molecule has 0 N–H and O–H groups in total. The van der Waals surface area contributed by atoms with Gasteiger partial charge in [-0.15, -0.1) is 10.2 Å². The summed E-state index contributed by atoms with van der Waals surface area (Å²) in [6, 6.07) is 11.2. The number of hydrogen-bond donors (Lipinski definition) is 0. The second-order valence-electron chi connectivity index (χ2n) is 4.52. The fraction of sp³-hybridized carbons (Fsp3) is 0. The largest absolute Gasteiger partial charge is 0.465 e. The maximum absolute atomic E-state index is 6.03. The standard InChI is InChI=1S/C15H9ClN4OS/c16-11-4-1-3-10(9-11)14-17-18-15-20(14)19-13(22-15)7-6-12-5-2-8-21-12/h1-9H/b7-6+. The molecule has 0 saturated carbocycles. The molecule has 0 aliphatic carbocycles. The van der Waals surface area contributed by atoms with Gasteiger partial charge in [-0.1, -0.05) is 35.1 Å². The van der Waals surface area contributed by atoms with Crippen molar-refractivity contribution in [3.8, 4) is 11.4 Å². The fourth-order valence-electron chi connectivity index (χ4n) is 2.05. The van der Waals surface area contributed by atoms with E-state index in [1.807, 2.05) is 48.6 Å². The maximum Gasteiger partial charge on any atom is 0.235 e. The van der Waals surface area contributed by atoms with Crippen LogP contribution in [-0.4, -0.2) is 19.8 Å². The lowest BCUT2D eigenvalue weighted by atomic mass is 10.2. The van der Waals surface area contributed by atoms with Gasteiger partial charge in [-0.05, 0) is 36.4 Å². The van der Waals surface area contributed by atoms with E-state index in [-0.39, 0.29) is 0 Å². The molecule has 3 heterocycles. The summed E-state index contributed by atoms with van der Waals surface area (Å²) in [6.45, 7) is 0. The number of nitrogens with zero attached hydrogens (tertiary/aromatic N) is 4. The summed E-state index contributed by atoms with van der Waals surface area (Å²) in [4.78, 5) is 0.731. The molecule has 0 fully saturated rings. The summed E-state index contributed by atoms with van der Waals surface area (Å²) in [5.74, 6) is 1.45. The Balaban J connectivity index is 1.73. The Labute approximate surface area is 134 Å². The van der Waals surface area contributed by atoms with Crippen LogP contribution in [-0.2, 0) is 0 Å². The average molecular weight is 329 g/mol. The third kappa shape index (κ3) is 2.43. The van der Waals surface area contributed by atoms with Gasteiger partial charge in [-0.2, -0.15) is 9.61 Å². The minimum absolute atomic E-state index is 0.655. The molecule has 0 unspecified atom stereocenters. The molecule has 0 amide bonds. The number of rotatable bonds is 3. The summed E-state index contributed by atoms with van der Waals surface area (Å²) < 4.78 is 6.98. The van der Waals surface area contributed by atoms with E-state index in [1.165, 1.54) is 11.3 Å². The van der Waals surface area contributed by atoms with Crippen molar-refractivity contribution in [3.05, 3.63) is 58.5 Å². The summed E-state index contributed by atoms with van der Waals surface area (Å²) in [6.07, 6.45) is 5.39. The van der Waals surface area contributed by atoms with Gasteiger partial charge in [0.25, 0.3) is 0 Å². The van der Waals surface area contributed by atoms with Crippen LogP contribution in [0.5, 0.6) is 0 Å². The van der Waals surface area contributed by atoms with Gasteiger partial charge in [-0.3, -0.25) is 0 Å². The first-order valence-electron chi connectivity index (χ1n) is 6.49. The van der Waals surface area contributed by atoms with E-state index in [1.54, 1.807) is 10.8 Å². The van der Waals surface area contributed by atoms with Gasteiger partial charge in [0.05, 0.1) is 6.26 Å². The van der Waals surface area contributed by atoms with Crippen molar-refractivity contribution in [1.82, 2.24) is 19.8 Å². The molecular formula is C15H9ClN4OS. The average Bonchev–Trinajstić information content (AvgIpc) is 3.22. The zero-order chi connectivity index (χ0) is 14.9. The highest BCUT2D eigenvalue weighted by atomic mass is 35.5. The number of hydrogen-bond acceptors (Lipinski definition) is 5. The lowest BCUT2D eigenvalue weighted by Crippen LogP contribution is -1.90. The minimum Gasteiger partial charge on any atom is -0.465 e. The van der Waals surface area contributed by atoms with Gasteiger partial charge in [0.1, 0.15) is 10.8 Å². The second-order valence-corrected chi connectivity index (χ2v) is 5.94. The third-order valence-corrected chi connectivity index (χ3v) is 4.12. The van der Waals surface area contributed by atoms with Crippen LogP contribution in [0.15, 0.2) is 47.1 Å². The van der Waals surface area contributed by atoms with E-state index in [4.69, 9.17) is 16.0 Å². The molecule has 108 valence electrons. The first-order valence-corrected chi connectivity index (χ1v) is 7.69. The van der Waals surface area contributed by atoms with Crippen molar-refractivity contribution in [3.63, 3.8) is 0 Å². The molecule has 3 aromatic heterocycles. The molecule has 0 saturated heterocycles. The number of halogens is 1. The van der Waals surface area contributed by atoms with E-state index >= 15 is 0 Å². The fourth-order valence-corrected chi connectivity index (χ4v) is 2.98. The van der Waals surface area contributed by atoms with E-state index in [0.717, 1.165) is 21.3 Å². The Kier molecular flexibility index (Phi) is 3.25. The Morgan fingerprint density at radius 3 is 2.91 bits per heavy atom. The van der Waals surface area contributed by atoms with Crippen molar-refractivity contribution in [2.45, 2.75) is 0 Å². The molecule has 0 atom stereocenters. The van der Waals surface area contributed by atoms with E-state index in [9.17, 15) is 0 Å². The van der Waals surface area contributed by atoms with Gasteiger partial charge in [0, 0.05) is 10.6 Å². The highest BCUT2D eigenvalue weighted by molar-refractivity contribution is 7.17. The minimum atomic E-state index is 0.655. The van der Waals surface area contributed by atoms with Crippen LogP contribution in [0, 0.1) is 0 Å². The van der Waals surface area contributed by atoms with E-state index < -0.39 is 0 Å². The van der Waals surface area contributed by atoms with Crippen LogP contribution in [0.2, 0.25) is 5.02 Å². The van der Waals surface area contributed by atoms with Gasteiger partial charge >= 0.3 is 0 Å². The van der Waals surface area contributed by atoms with Crippen LogP contribution in [0.3, 0.4) is 0 Å². The predicted molar refractivity (Wildman–Crippen MR) is 86.7 cm³/mol. The summed E-state index contributed by atoms with van der Waals surface area (Å²) in [7, 11) is 0. The summed E-state index contributed by atoms with van der Waals surface area (Å²) in [5.41, 5.74) is 0.881. The van der Waals surface area contributed by atoms with Gasteiger partial charge in [-0.25, -0.2) is 0 Å². The van der Waals surface area contributed by atoms with Crippen LogP contribution >= 0.6 is 22.9 Å². The summed E-state index contributed by atoms with van der Waals surface area (Å²) >= 11 is 7.48. The molecule has 4 aromatic rings. The highest BCUT2D eigenvalue weighted by Gasteiger charge is 2.12. The first-order chi connectivity index (χ1) is 10.8. The molecule has 4 rings (SSSR count). The molecule has 5 nitrogen and oxygen atoms in total. The number of aromatic nitrogens is 4. The number of furan rings is 1. The van der Waals surface area contributed by atoms with E-state index in [2.05, 4.69) is 15.3 Å². The predicted octanol–water partition coefficient (Wildman–Crippen LogP) is 4.27. The van der Waals surface area contributed by atoms with Crippen LogP contribution < -0.4 is 0 Å². The molecule has 1 aromatic carbocycles. The van der Waals surface area contributed by atoms with Gasteiger partial charge in [0.2, 0.25) is 4.96 Å². The molecule has 0 spiro atoms. The third-order valence-electron chi connectivity index (χ3n) is 3.02. The Bertz CT molecular complexity index is 955. The molecule has 0 radical (unpaired) electrons. The van der Waals surface area contributed by atoms with Crippen molar-refractivity contribution >= 4 is 40.1 Å². The van der Waals surface area contributed by atoms with Crippen molar-refractivity contribution in [1.29, 1.82) is 0 Å². The van der Waals surface area contributed by atoms with Crippen LogP contribution in [0.25, 0.3) is 28.5 Å². The topological polar surface area (TPSA) is 56.2 Å². The molecule has 0 aliphatic heterocycles. The monoisotopic (exact) mass is 328 g/mol. The lowest BCUT2D eigenvalue weighted by molar-refractivity contribution is 0.557. The normalized spacial score (nSPS) is 11.7. The van der Waals surface area contributed by atoms with Gasteiger partial charge < -0.3 is 4.42 Å². The zero-order valence-corrected chi connectivity index (χ0v) is 12.8. The van der Waals surface area contributed by atoms with Crippen molar-refractivity contribution in [2.24, 2.45) is 0 Å². The Hall–Kier alpha value is -2.44. The molecular weight excluding hydrogens is 320 g/mol. The Morgan fingerprint density at radius 1 is 1.14 bits per heavy atom. The smallest absolute Gasteiger partial charge is 0.235 e. The van der Waals surface area contributed by atoms with Crippen LogP contribution in [0.4, 0.5) is 0 Å². The van der Waals surface area contributed by atoms with E-state index in [0.29, 0.717) is 10.8 Å². The second kappa shape index (κ2) is 5.40. The Morgan fingerprint density at radius 2 is 2.09 bits per heavy atom. The zero-order valence-electron chi connectivity index (χ0n) is 11.2. The quantitative estimate of drug-likeness (QED) is 0.563. The molecule has 22 heavy (non-hydrogen) atoms. The van der Waals surface area contributed by atoms with Gasteiger partial charge in [0.15, 0.2) is 5.82 Å². The molecule has 0 bridgehead atoms. The van der Waals surface area contributed by atoms with Crippen molar-refractivity contribution < 1.29 is 4.42 Å². The number of benzene rings is 1. The van der Waals surface area contributed by atoms with Crippen LogP contribution in [0.1, 0.15) is 10.8 Å². The first kappa shape index (κ1) is 13.2. The molecule has 0 aliphatic rings. The summed E-state index contributed by atoms with van der Waals surface area (Å²) in [5, 5.41) is 14.3. The van der Waals surface area contributed by atoms with Crippen molar-refractivity contribution in [2.75, 3.05) is 0 Å². The molecule has 7 heteroatoms. The number of fused-ring (bicyclic) bond motifs is 1. The maximum atomic E-state index is 6.03.